The molecule has 3 nitrogen and oxygen atoms in total. The third-order valence-electron chi connectivity index (χ3n) is 3.24. The van der Waals surface area contributed by atoms with Crippen molar-refractivity contribution in [1.29, 1.82) is 0 Å². The first-order valence-electron chi connectivity index (χ1n) is 5.93. The van der Waals surface area contributed by atoms with Gasteiger partial charge in [-0.15, -0.1) is 0 Å². The number of carbonyl (C=O) groups is 1. The summed E-state index contributed by atoms with van der Waals surface area (Å²) in [7, 11) is 0. The van der Waals surface area contributed by atoms with Gasteiger partial charge in [0.1, 0.15) is 6.29 Å². The summed E-state index contributed by atoms with van der Waals surface area (Å²) in [5.74, 6) is 0.840. The fourth-order valence-electron chi connectivity index (χ4n) is 2.13. The normalized spacial score (nSPS) is 17.4. The van der Waals surface area contributed by atoms with Crippen LogP contribution in [0.3, 0.4) is 0 Å². The molecule has 3 heteroatoms. The molecule has 0 bridgehead atoms. The van der Waals surface area contributed by atoms with Crippen molar-refractivity contribution in [3.8, 4) is 0 Å². The minimum atomic E-state index is 0.415. The van der Waals surface area contributed by atoms with Crippen LogP contribution in [0.25, 0.3) is 0 Å². The summed E-state index contributed by atoms with van der Waals surface area (Å²) in [5, 5.41) is 0. The largest absolute Gasteiger partial charge is 0.371 e. The Kier molecular flexibility index (Phi) is 3.54. The van der Waals surface area contributed by atoms with Crippen LogP contribution in [0, 0.1) is 5.92 Å². The number of rotatable bonds is 3. The minimum Gasteiger partial charge on any atom is -0.371 e. The van der Waals surface area contributed by atoms with Crippen molar-refractivity contribution in [3.05, 3.63) is 24.0 Å². The first-order chi connectivity index (χ1) is 7.79. The summed E-state index contributed by atoms with van der Waals surface area (Å²) < 4.78 is 0. The number of piperidine rings is 1. The Morgan fingerprint density at radius 1 is 1.50 bits per heavy atom. The number of hydrogen-bond acceptors (Lipinski definition) is 3. The molecule has 16 heavy (non-hydrogen) atoms. The molecule has 1 aliphatic heterocycles. The van der Waals surface area contributed by atoms with Crippen molar-refractivity contribution < 1.29 is 4.79 Å². The lowest BCUT2D eigenvalue weighted by molar-refractivity contribution is -0.107. The van der Waals surface area contributed by atoms with Gasteiger partial charge in [-0.1, -0.05) is 6.92 Å². The molecule has 2 heterocycles. The summed E-state index contributed by atoms with van der Waals surface area (Å²) >= 11 is 0. The van der Waals surface area contributed by atoms with Gasteiger partial charge in [0.25, 0.3) is 0 Å². The highest BCUT2D eigenvalue weighted by molar-refractivity contribution is 5.56. The standard InChI is InChI=1S/C13H18N2O/c1-11-3-7-15(8-4-11)13-2-6-14-12(10-13)5-9-16/h2,6,9-11H,3-5,7-8H2,1H3. The van der Waals surface area contributed by atoms with Gasteiger partial charge in [-0.2, -0.15) is 0 Å². The zero-order chi connectivity index (χ0) is 11.4. The molecule has 0 amide bonds. The van der Waals surface area contributed by atoms with Crippen LogP contribution in [0.2, 0.25) is 0 Å². The molecule has 0 N–H and O–H groups in total. The quantitative estimate of drug-likeness (QED) is 0.728. The van der Waals surface area contributed by atoms with Crippen LogP contribution >= 0.6 is 0 Å². The molecular weight excluding hydrogens is 200 g/mol. The Morgan fingerprint density at radius 2 is 2.25 bits per heavy atom. The van der Waals surface area contributed by atoms with Crippen LogP contribution in [0.15, 0.2) is 18.3 Å². The number of aldehydes is 1. The summed E-state index contributed by atoms with van der Waals surface area (Å²) in [6.45, 7) is 4.54. The first kappa shape index (κ1) is 11.1. The van der Waals surface area contributed by atoms with Crippen molar-refractivity contribution in [3.63, 3.8) is 0 Å². The SMILES string of the molecule is CC1CCN(c2ccnc(CC=O)c2)CC1. The van der Waals surface area contributed by atoms with Crippen LogP contribution in [0.1, 0.15) is 25.5 Å². The van der Waals surface area contributed by atoms with Crippen molar-refractivity contribution in [2.45, 2.75) is 26.2 Å². The van der Waals surface area contributed by atoms with Gasteiger partial charge in [0, 0.05) is 37.1 Å². The van der Waals surface area contributed by atoms with Crippen molar-refractivity contribution >= 4 is 12.0 Å². The molecule has 1 saturated heterocycles. The van der Waals surface area contributed by atoms with E-state index in [0.29, 0.717) is 6.42 Å². The molecule has 86 valence electrons. The van der Waals surface area contributed by atoms with Crippen LogP contribution in [0.4, 0.5) is 5.69 Å². The molecule has 2 rings (SSSR count). The van der Waals surface area contributed by atoms with E-state index >= 15 is 0 Å². The molecule has 0 aliphatic carbocycles. The fourth-order valence-corrected chi connectivity index (χ4v) is 2.13. The topological polar surface area (TPSA) is 33.2 Å². The van der Waals surface area contributed by atoms with Gasteiger partial charge < -0.3 is 9.69 Å². The second-order valence-electron chi connectivity index (χ2n) is 4.55. The molecule has 0 spiro atoms. The Labute approximate surface area is 96.5 Å². The van der Waals surface area contributed by atoms with Crippen LogP contribution in [-0.4, -0.2) is 24.4 Å². The number of anilines is 1. The van der Waals surface area contributed by atoms with E-state index in [1.54, 1.807) is 6.20 Å². The molecular formula is C13H18N2O. The van der Waals surface area contributed by atoms with E-state index in [-0.39, 0.29) is 0 Å². The maximum atomic E-state index is 10.5. The van der Waals surface area contributed by atoms with Crippen LogP contribution < -0.4 is 4.90 Å². The van der Waals surface area contributed by atoms with Gasteiger partial charge in [0.2, 0.25) is 0 Å². The summed E-state index contributed by atoms with van der Waals surface area (Å²) in [5.41, 5.74) is 2.07. The van der Waals surface area contributed by atoms with Gasteiger partial charge in [0.05, 0.1) is 0 Å². The molecule has 0 aromatic carbocycles. The van der Waals surface area contributed by atoms with Crippen molar-refractivity contribution in [2.24, 2.45) is 5.92 Å². The number of pyridine rings is 1. The van der Waals surface area contributed by atoms with Crippen LogP contribution in [-0.2, 0) is 11.2 Å². The monoisotopic (exact) mass is 218 g/mol. The highest BCUT2D eigenvalue weighted by atomic mass is 16.1. The fraction of sp³-hybridized carbons (Fsp3) is 0.538. The average molecular weight is 218 g/mol. The third kappa shape index (κ3) is 2.60. The molecule has 0 unspecified atom stereocenters. The smallest absolute Gasteiger partial charge is 0.125 e. The summed E-state index contributed by atoms with van der Waals surface area (Å²) in [6, 6.07) is 4.06. The number of aromatic nitrogens is 1. The second kappa shape index (κ2) is 5.10. The molecule has 0 saturated carbocycles. The van der Waals surface area contributed by atoms with Gasteiger partial charge in [-0.05, 0) is 30.9 Å². The number of nitrogens with zero attached hydrogens (tertiary/aromatic N) is 2. The highest BCUT2D eigenvalue weighted by Crippen LogP contribution is 2.22. The highest BCUT2D eigenvalue weighted by Gasteiger charge is 2.16. The minimum absolute atomic E-state index is 0.415. The zero-order valence-electron chi connectivity index (χ0n) is 9.72. The maximum absolute atomic E-state index is 10.5. The van der Waals surface area contributed by atoms with E-state index in [1.807, 2.05) is 12.1 Å². The van der Waals surface area contributed by atoms with Gasteiger partial charge >= 0.3 is 0 Å². The predicted molar refractivity (Wildman–Crippen MR) is 64.6 cm³/mol. The average Bonchev–Trinajstić information content (AvgIpc) is 2.31. The van der Waals surface area contributed by atoms with E-state index in [4.69, 9.17) is 0 Å². The van der Waals surface area contributed by atoms with E-state index in [1.165, 1.54) is 18.5 Å². The number of carbonyl (C=O) groups excluding carboxylic acids is 1. The Bertz CT molecular complexity index is 357. The first-order valence-corrected chi connectivity index (χ1v) is 5.93. The Morgan fingerprint density at radius 3 is 2.94 bits per heavy atom. The second-order valence-corrected chi connectivity index (χ2v) is 4.55. The van der Waals surface area contributed by atoms with E-state index in [2.05, 4.69) is 16.8 Å². The summed E-state index contributed by atoms with van der Waals surface area (Å²) in [6.07, 6.45) is 5.63. The van der Waals surface area contributed by atoms with Crippen molar-refractivity contribution in [2.75, 3.05) is 18.0 Å². The lowest BCUT2D eigenvalue weighted by Gasteiger charge is -2.32. The number of hydrogen-bond donors (Lipinski definition) is 0. The Hall–Kier alpha value is -1.38. The lowest BCUT2D eigenvalue weighted by Crippen LogP contribution is -2.32. The van der Waals surface area contributed by atoms with Gasteiger partial charge in [-0.3, -0.25) is 4.98 Å². The van der Waals surface area contributed by atoms with E-state index < -0.39 is 0 Å². The Balaban J connectivity index is 2.08. The molecule has 0 atom stereocenters. The molecule has 1 aromatic heterocycles. The third-order valence-corrected chi connectivity index (χ3v) is 3.24. The van der Waals surface area contributed by atoms with Crippen LogP contribution in [0.5, 0.6) is 0 Å². The summed E-state index contributed by atoms with van der Waals surface area (Å²) in [4.78, 5) is 17.0. The maximum Gasteiger partial charge on any atom is 0.125 e. The predicted octanol–water partition coefficient (Wildman–Crippen LogP) is 2.06. The zero-order valence-corrected chi connectivity index (χ0v) is 9.72. The van der Waals surface area contributed by atoms with Gasteiger partial charge in [0.15, 0.2) is 0 Å². The molecule has 0 radical (unpaired) electrons. The van der Waals surface area contributed by atoms with E-state index in [9.17, 15) is 4.79 Å². The molecule has 1 aromatic rings. The molecule has 1 aliphatic rings. The van der Waals surface area contributed by atoms with Gasteiger partial charge in [-0.25, -0.2) is 0 Å². The van der Waals surface area contributed by atoms with Crippen molar-refractivity contribution in [1.82, 2.24) is 4.98 Å². The molecule has 1 fully saturated rings. The lowest BCUT2D eigenvalue weighted by atomic mass is 9.99. The van der Waals surface area contributed by atoms with E-state index in [0.717, 1.165) is 31.0 Å².